The molecule has 12 aromatic carbocycles. The van der Waals surface area contributed by atoms with Crippen molar-refractivity contribution in [3.8, 4) is 39.1 Å². The van der Waals surface area contributed by atoms with E-state index in [-0.39, 0.29) is 0 Å². The number of aromatic nitrogens is 1. The van der Waals surface area contributed by atoms with E-state index in [0.717, 1.165) is 45.0 Å². The molecule has 0 N–H and O–H groups in total. The van der Waals surface area contributed by atoms with Gasteiger partial charge in [-0.15, -0.1) is 0 Å². The molecule has 0 saturated heterocycles. The minimum atomic E-state index is -0.621. The molecule has 0 atom stereocenters. The molecule has 2 heteroatoms. The van der Waals surface area contributed by atoms with Crippen molar-refractivity contribution in [3.63, 3.8) is 0 Å². The first-order valence-corrected chi connectivity index (χ1v) is 25.2. The molecule has 13 aromatic rings. The zero-order valence-corrected chi connectivity index (χ0v) is 40.3. The summed E-state index contributed by atoms with van der Waals surface area (Å²) in [6.45, 7) is 0. The average Bonchev–Trinajstić information content (AvgIpc) is 3.82. The lowest BCUT2D eigenvalue weighted by Crippen LogP contribution is -2.31. The summed E-state index contributed by atoms with van der Waals surface area (Å²) in [5.74, 6) is 0. The minimum Gasteiger partial charge on any atom is -0.310 e. The van der Waals surface area contributed by atoms with E-state index in [1.54, 1.807) is 0 Å². The Kier molecular flexibility index (Phi) is 11.1. The third-order valence-corrected chi connectivity index (χ3v) is 14.7. The van der Waals surface area contributed by atoms with Crippen LogP contribution in [0.15, 0.2) is 303 Å². The highest BCUT2D eigenvalue weighted by atomic mass is 15.1. The molecule has 0 aliphatic rings. The van der Waals surface area contributed by atoms with Crippen molar-refractivity contribution in [2.24, 2.45) is 0 Å². The maximum absolute atomic E-state index is 2.47. The van der Waals surface area contributed by atoms with Gasteiger partial charge in [0.15, 0.2) is 0 Å². The summed E-state index contributed by atoms with van der Waals surface area (Å²) >= 11 is 0. The van der Waals surface area contributed by atoms with Crippen molar-refractivity contribution in [1.82, 2.24) is 4.57 Å². The maximum Gasteiger partial charge on any atom is 0.0702 e. The van der Waals surface area contributed by atoms with Gasteiger partial charge in [0.1, 0.15) is 0 Å². The summed E-state index contributed by atoms with van der Waals surface area (Å²) in [4.78, 5) is 2.43. The van der Waals surface area contributed by atoms with E-state index in [4.69, 9.17) is 0 Å². The molecule has 0 amide bonds. The van der Waals surface area contributed by atoms with Gasteiger partial charge < -0.3 is 9.47 Å². The molecule has 1 aromatic heterocycles. The van der Waals surface area contributed by atoms with E-state index in [1.165, 1.54) is 66.0 Å². The van der Waals surface area contributed by atoms with Crippen LogP contribution < -0.4 is 4.90 Å². The molecule has 13 rings (SSSR count). The normalized spacial score (nSPS) is 11.6. The van der Waals surface area contributed by atoms with E-state index in [2.05, 4.69) is 313 Å². The summed E-state index contributed by atoms with van der Waals surface area (Å²) in [6, 6.07) is 111. The molecule has 73 heavy (non-hydrogen) atoms. The van der Waals surface area contributed by atoms with Gasteiger partial charge in [-0.1, -0.05) is 249 Å². The minimum absolute atomic E-state index is 0.621. The van der Waals surface area contributed by atoms with Crippen LogP contribution in [0.4, 0.5) is 17.1 Å². The topological polar surface area (TPSA) is 8.17 Å². The standard InChI is InChI=1S/C71H50N2/c1-6-23-51(24-7-1)52-41-44-59(45-42-52)72(60-35-22-34-58(49-60)71(55-28-10-3-11-29-55,56-30-12-4-13-31-56)57-32-14-5-15-33-57)61-46-47-63(66(50-61)53-25-8-2-9-26-53)64-37-18-20-39-67(64)73-68-40-21-19-38-65(68)70-62-36-17-16-27-54(62)43-48-69(70)73/h1-50H. The molecule has 0 radical (unpaired) electrons. The van der Waals surface area contributed by atoms with E-state index >= 15 is 0 Å². The highest BCUT2D eigenvalue weighted by molar-refractivity contribution is 6.21. The molecular formula is C71H50N2. The summed E-state index contributed by atoms with van der Waals surface area (Å²) in [5, 5.41) is 5.02. The van der Waals surface area contributed by atoms with Gasteiger partial charge in [0, 0.05) is 33.4 Å². The van der Waals surface area contributed by atoms with Crippen LogP contribution in [0.2, 0.25) is 0 Å². The fourth-order valence-electron chi connectivity index (χ4n) is 11.5. The molecule has 2 nitrogen and oxygen atoms in total. The quantitative estimate of drug-likeness (QED) is 0.117. The first-order valence-electron chi connectivity index (χ1n) is 25.2. The molecule has 0 fully saturated rings. The molecule has 1 heterocycles. The monoisotopic (exact) mass is 930 g/mol. The van der Waals surface area contributed by atoms with E-state index < -0.39 is 5.41 Å². The van der Waals surface area contributed by atoms with Crippen molar-refractivity contribution in [2.75, 3.05) is 4.90 Å². The van der Waals surface area contributed by atoms with Gasteiger partial charge >= 0.3 is 0 Å². The number of hydrogen-bond donors (Lipinski definition) is 0. The van der Waals surface area contributed by atoms with Gasteiger partial charge in [0.05, 0.1) is 22.1 Å². The zero-order valence-electron chi connectivity index (χ0n) is 40.3. The molecule has 0 aliphatic heterocycles. The second-order valence-corrected chi connectivity index (χ2v) is 18.8. The van der Waals surface area contributed by atoms with Gasteiger partial charge in [-0.05, 0) is 115 Å². The second-order valence-electron chi connectivity index (χ2n) is 18.8. The van der Waals surface area contributed by atoms with Crippen molar-refractivity contribution in [1.29, 1.82) is 0 Å². The van der Waals surface area contributed by atoms with Crippen LogP contribution in [-0.4, -0.2) is 4.57 Å². The van der Waals surface area contributed by atoms with Gasteiger partial charge in [0.2, 0.25) is 0 Å². The fraction of sp³-hybridized carbons (Fsp3) is 0.0141. The number of para-hydroxylation sites is 2. The molecule has 0 aliphatic carbocycles. The van der Waals surface area contributed by atoms with E-state index in [1.807, 2.05) is 0 Å². The van der Waals surface area contributed by atoms with Crippen LogP contribution >= 0.6 is 0 Å². The van der Waals surface area contributed by atoms with Crippen molar-refractivity contribution in [3.05, 3.63) is 326 Å². The Hall–Kier alpha value is -9.50. The lowest BCUT2D eigenvalue weighted by molar-refractivity contribution is 0.745. The van der Waals surface area contributed by atoms with Gasteiger partial charge in [0.25, 0.3) is 0 Å². The van der Waals surface area contributed by atoms with Crippen LogP contribution in [-0.2, 0) is 5.41 Å². The Morgan fingerprint density at radius 1 is 0.274 bits per heavy atom. The number of nitrogens with zero attached hydrogens (tertiary/aromatic N) is 2. The summed E-state index contributed by atoms with van der Waals surface area (Å²) in [7, 11) is 0. The first-order chi connectivity index (χ1) is 36.2. The Morgan fingerprint density at radius 2 is 0.781 bits per heavy atom. The highest BCUT2D eigenvalue weighted by Gasteiger charge is 2.38. The third-order valence-electron chi connectivity index (χ3n) is 14.7. The number of anilines is 3. The van der Waals surface area contributed by atoms with Crippen molar-refractivity contribution >= 4 is 49.6 Å². The molecule has 0 saturated carbocycles. The first kappa shape index (κ1) is 43.5. The highest BCUT2D eigenvalue weighted by Crippen LogP contribution is 2.49. The van der Waals surface area contributed by atoms with Crippen molar-refractivity contribution < 1.29 is 0 Å². The summed E-state index contributed by atoms with van der Waals surface area (Å²) < 4.78 is 2.47. The van der Waals surface area contributed by atoms with Crippen LogP contribution in [0.3, 0.4) is 0 Å². The average molecular weight is 931 g/mol. The molecule has 0 unspecified atom stereocenters. The van der Waals surface area contributed by atoms with E-state index in [9.17, 15) is 0 Å². The Balaban J connectivity index is 1.04. The Labute approximate surface area is 427 Å². The lowest BCUT2D eigenvalue weighted by Gasteiger charge is -2.37. The molecule has 0 bridgehead atoms. The smallest absolute Gasteiger partial charge is 0.0702 e. The van der Waals surface area contributed by atoms with E-state index in [0.29, 0.717) is 0 Å². The predicted molar refractivity (Wildman–Crippen MR) is 308 cm³/mol. The van der Waals surface area contributed by atoms with Crippen LogP contribution in [0, 0.1) is 0 Å². The Morgan fingerprint density at radius 3 is 1.45 bits per heavy atom. The number of benzene rings is 12. The van der Waals surface area contributed by atoms with Gasteiger partial charge in [-0.25, -0.2) is 0 Å². The molecule has 344 valence electrons. The fourth-order valence-corrected chi connectivity index (χ4v) is 11.5. The van der Waals surface area contributed by atoms with Gasteiger partial charge in [-0.2, -0.15) is 0 Å². The maximum atomic E-state index is 2.47. The largest absolute Gasteiger partial charge is 0.310 e. The van der Waals surface area contributed by atoms with Crippen LogP contribution in [0.25, 0.3) is 71.6 Å². The Bertz CT molecular complexity index is 3950. The number of rotatable bonds is 11. The number of fused-ring (bicyclic) bond motifs is 5. The summed E-state index contributed by atoms with van der Waals surface area (Å²) in [5.41, 5.74) is 17.8. The third kappa shape index (κ3) is 7.60. The van der Waals surface area contributed by atoms with Crippen molar-refractivity contribution in [2.45, 2.75) is 5.41 Å². The SMILES string of the molecule is c1ccc(-c2ccc(N(c3cccc(C(c4ccccc4)(c4ccccc4)c4ccccc4)c3)c3ccc(-c4ccccc4-n4c5ccccc5c5c6ccccc6ccc54)c(-c4ccccc4)c3)cc2)cc1. The second kappa shape index (κ2) is 18.7. The van der Waals surface area contributed by atoms with Crippen LogP contribution in [0.1, 0.15) is 22.3 Å². The predicted octanol–water partition coefficient (Wildman–Crippen LogP) is 18.8. The summed E-state index contributed by atoms with van der Waals surface area (Å²) in [6.07, 6.45) is 0. The zero-order chi connectivity index (χ0) is 48.6. The van der Waals surface area contributed by atoms with Crippen LogP contribution in [0.5, 0.6) is 0 Å². The number of hydrogen-bond acceptors (Lipinski definition) is 1. The lowest BCUT2D eigenvalue weighted by atomic mass is 9.65. The molecule has 0 spiro atoms. The molecular weight excluding hydrogens is 881 g/mol. The van der Waals surface area contributed by atoms with Gasteiger partial charge in [-0.3, -0.25) is 0 Å².